The van der Waals surface area contributed by atoms with Gasteiger partial charge in [-0.05, 0) is 32.9 Å². The standard InChI is InChI=1S/C14H16N2O4/c1-4-20-13(18)9(3)16-12(17)10-7-8(2)5-6-11(10)15-14(16)19/h5-7,9H,4H2,1-3H3,(H,15,19). The molecule has 1 unspecified atom stereocenters. The quantitative estimate of drug-likeness (QED) is 0.852. The highest BCUT2D eigenvalue weighted by atomic mass is 16.5. The molecule has 20 heavy (non-hydrogen) atoms. The first-order valence-corrected chi connectivity index (χ1v) is 6.37. The van der Waals surface area contributed by atoms with E-state index >= 15 is 0 Å². The number of ether oxygens (including phenoxy) is 1. The Morgan fingerprint density at radius 1 is 1.40 bits per heavy atom. The van der Waals surface area contributed by atoms with Crippen molar-refractivity contribution in [3.63, 3.8) is 0 Å². The Hall–Kier alpha value is -2.37. The second kappa shape index (κ2) is 5.32. The zero-order valence-electron chi connectivity index (χ0n) is 11.6. The molecule has 0 saturated carbocycles. The summed E-state index contributed by atoms with van der Waals surface area (Å²) in [5.74, 6) is -0.605. The van der Waals surface area contributed by atoms with Crippen molar-refractivity contribution in [2.45, 2.75) is 26.8 Å². The number of hydrogen-bond acceptors (Lipinski definition) is 4. The van der Waals surface area contributed by atoms with Crippen LogP contribution in [0.3, 0.4) is 0 Å². The van der Waals surface area contributed by atoms with Gasteiger partial charge < -0.3 is 9.72 Å². The van der Waals surface area contributed by atoms with Gasteiger partial charge in [0.2, 0.25) is 0 Å². The van der Waals surface area contributed by atoms with Gasteiger partial charge in [0, 0.05) is 0 Å². The summed E-state index contributed by atoms with van der Waals surface area (Å²) in [6, 6.07) is 4.20. The number of rotatable bonds is 3. The predicted molar refractivity (Wildman–Crippen MR) is 74.9 cm³/mol. The maximum atomic E-state index is 12.4. The average molecular weight is 276 g/mol. The van der Waals surface area contributed by atoms with Crippen LogP contribution in [0, 0.1) is 6.92 Å². The van der Waals surface area contributed by atoms with Crippen LogP contribution in [-0.4, -0.2) is 22.1 Å². The Morgan fingerprint density at radius 3 is 2.75 bits per heavy atom. The lowest BCUT2D eigenvalue weighted by atomic mass is 10.1. The number of H-pyrrole nitrogens is 1. The average Bonchev–Trinajstić information content (AvgIpc) is 2.40. The minimum Gasteiger partial charge on any atom is -0.464 e. The molecule has 0 aliphatic rings. The molecule has 0 aliphatic carbocycles. The number of benzene rings is 1. The van der Waals surface area contributed by atoms with Crippen molar-refractivity contribution >= 4 is 16.9 Å². The lowest BCUT2D eigenvalue weighted by Crippen LogP contribution is -2.40. The monoisotopic (exact) mass is 276 g/mol. The predicted octanol–water partition coefficient (Wildman–Crippen LogP) is 1.12. The van der Waals surface area contributed by atoms with Crippen molar-refractivity contribution in [3.8, 4) is 0 Å². The molecule has 1 aromatic carbocycles. The molecule has 0 fully saturated rings. The molecule has 0 spiro atoms. The normalized spacial score (nSPS) is 12.3. The van der Waals surface area contributed by atoms with E-state index in [4.69, 9.17) is 4.74 Å². The Bertz CT molecular complexity index is 773. The van der Waals surface area contributed by atoms with Gasteiger partial charge in [-0.25, -0.2) is 14.2 Å². The first-order valence-electron chi connectivity index (χ1n) is 6.37. The summed E-state index contributed by atoms with van der Waals surface area (Å²) in [6.45, 7) is 5.18. The van der Waals surface area contributed by atoms with Crippen LogP contribution >= 0.6 is 0 Å². The molecule has 0 bridgehead atoms. The maximum Gasteiger partial charge on any atom is 0.329 e. The van der Waals surface area contributed by atoms with E-state index in [2.05, 4.69) is 4.98 Å². The van der Waals surface area contributed by atoms with Crippen LogP contribution in [0.25, 0.3) is 10.9 Å². The maximum absolute atomic E-state index is 12.4. The zero-order chi connectivity index (χ0) is 14.9. The van der Waals surface area contributed by atoms with Crippen LogP contribution in [0.1, 0.15) is 25.5 Å². The third-order valence-electron chi connectivity index (χ3n) is 3.10. The van der Waals surface area contributed by atoms with Crippen molar-refractivity contribution in [2.75, 3.05) is 6.61 Å². The Kier molecular flexibility index (Phi) is 3.74. The molecule has 1 atom stereocenters. The van der Waals surface area contributed by atoms with Gasteiger partial charge >= 0.3 is 11.7 Å². The number of hydrogen-bond donors (Lipinski definition) is 1. The van der Waals surface area contributed by atoms with Gasteiger partial charge in [0.25, 0.3) is 5.56 Å². The number of carbonyl (C=O) groups is 1. The van der Waals surface area contributed by atoms with Gasteiger partial charge in [-0.1, -0.05) is 11.6 Å². The highest BCUT2D eigenvalue weighted by molar-refractivity contribution is 5.79. The topological polar surface area (TPSA) is 81.2 Å². The number of aromatic nitrogens is 2. The number of esters is 1. The van der Waals surface area contributed by atoms with E-state index in [1.165, 1.54) is 6.92 Å². The first-order chi connectivity index (χ1) is 9.45. The van der Waals surface area contributed by atoms with Crippen LogP contribution < -0.4 is 11.2 Å². The summed E-state index contributed by atoms with van der Waals surface area (Å²) in [7, 11) is 0. The molecule has 0 radical (unpaired) electrons. The van der Waals surface area contributed by atoms with Crippen LogP contribution in [0.15, 0.2) is 27.8 Å². The summed E-state index contributed by atoms with van der Waals surface area (Å²) in [6.07, 6.45) is 0. The fourth-order valence-electron chi connectivity index (χ4n) is 2.06. The number of aryl methyl sites for hydroxylation is 1. The zero-order valence-corrected chi connectivity index (χ0v) is 11.6. The van der Waals surface area contributed by atoms with Crippen LogP contribution in [0.4, 0.5) is 0 Å². The lowest BCUT2D eigenvalue weighted by Gasteiger charge is -2.13. The van der Waals surface area contributed by atoms with E-state index in [-0.39, 0.29) is 6.61 Å². The number of fused-ring (bicyclic) bond motifs is 1. The van der Waals surface area contributed by atoms with Crippen molar-refractivity contribution in [1.82, 2.24) is 9.55 Å². The molecule has 1 aromatic heterocycles. The fraction of sp³-hybridized carbons (Fsp3) is 0.357. The molecule has 2 rings (SSSR count). The number of nitrogens with zero attached hydrogens (tertiary/aromatic N) is 1. The summed E-state index contributed by atoms with van der Waals surface area (Å²) in [5, 5.41) is 0.376. The van der Waals surface area contributed by atoms with Crippen molar-refractivity contribution in [2.24, 2.45) is 0 Å². The lowest BCUT2D eigenvalue weighted by molar-refractivity contribution is -0.146. The van der Waals surface area contributed by atoms with E-state index in [1.807, 2.05) is 6.92 Å². The smallest absolute Gasteiger partial charge is 0.329 e. The molecule has 1 N–H and O–H groups in total. The van der Waals surface area contributed by atoms with Gasteiger partial charge in [0.1, 0.15) is 6.04 Å². The van der Waals surface area contributed by atoms with Gasteiger partial charge in [-0.15, -0.1) is 0 Å². The van der Waals surface area contributed by atoms with E-state index in [1.54, 1.807) is 25.1 Å². The molecule has 106 valence electrons. The Morgan fingerprint density at radius 2 is 2.10 bits per heavy atom. The number of aromatic amines is 1. The van der Waals surface area contributed by atoms with E-state index in [0.29, 0.717) is 10.9 Å². The van der Waals surface area contributed by atoms with Gasteiger partial charge in [0.05, 0.1) is 17.5 Å². The van der Waals surface area contributed by atoms with E-state index in [9.17, 15) is 14.4 Å². The van der Waals surface area contributed by atoms with Crippen molar-refractivity contribution in [3.05, 3.63) is 44.6 Å². The van der Waals surface area contributed by atoms with Crippen LogP contribution in [0.5, 0.6) is 0 Å². The third-order valence-corrected chi connectivity index (χ3v) is 3.10. The molecule has 6 heteroatoms. The molecule has 0 amide bonds. The second-order valence-corrected chi connectivity index (χ2v) is 4.58. The largest absolute Gasteiger partial charge is 0.464 e. The van der Waals surface area contributed by atoms with Gasteiger partial charge in [-0.2, -0.15) is 0 Å². The SMILES string of the molecule is CCOC(=O)C(C)n1c(=O)[nH]c2ccc(C)cc2c1=O. The minimum atomic E-state index is -0.962. The summed E-state index contributed by atoms with van der Waals surface area (Å²) >= 11 is 0. The summed E-state index contributed by atoms with van der Waals surface area (Å²) < 4.78 is 5.74. The Labute approximate surface area is 115 Å². The molecule has 6 nitrogen and oxygen atoms in total. The van der Waals surface area contributed by atoms with Crippen LogP contribution in [0.2, 0.25) is 0 Å². The van der Waals surface area contributed by atoms with Crippen molar-refractivity contribution in [1.29, 1.82) is 0 Å². The van der Waals surface area contributed by atoms with E-state index < -0.39 is 23.3 Å². The van der Waals surface area contributed by atoms with E-state index in [0.717, 1.165) is 10.1 Å². The molecule has 1 heterocycles. The first kappa shape index (κ1) is 14.0. The van der Waals surface area contributed by atoms with Crippen molar-refractivity contribution < 1.29 is 9.53 Å². The minimum absolute atomic E-state index is 0.197. The third kappa shape index (κ3) is 2.36. The number of nitrogens with one attached hydrogen (secondary N) is 1. The summed E-state index contributed by atoms with van der Waals surface area (Å²) in [5.41, 5.74) is 0.245. The molecule has 0 aliphatic heterocycles. The van der Waals surface area contributed by atoms with Gasteiger partial charge in [-0.3, -0.25) is 4.79 Å². The molecular formula is C14H16N2O4. The Balaban J connectivity index is 2.68. The second-order valence-electron chi connectivity index (χ2n) is 4.58. The molecule has 2 aromatic rings. The van der Waals surface area contributed by atoms with Crippen LogP contribution in [-0.2, 0) is 9.53 Å². The summed E-state index contributed by atoms with van der Waals surface area (Å²) in [4.78, 5) is 38.7. The highest BCUT2D eigenvalue weighted by Gasteiger charge is 2.21. The highest BCUT2D eigenvalue weighted by Crippen LogP contribution is 2.10. The fourth-order valence-corrected chi connectivity index (χ4v) is 2.06. The molecular weight excluding hydrogens is 260 g/mol. The number of carbonyl (C=O) groups excluding carboxylic acids is 1. The molecule has 0 saturated heterocycles. The van der Waals surface area contributed by atoms with Gasteiger partial charge in [0.15, 0.2) is 0 Å².